The lowest BCUT2D eigenvalue weighted by Crippen LogP contribution is -2.60. The Kier molecular flexibility index (Phi) is 7.22. The molecule has 2 aromatic rings. The standard InChI is InChI=1S/C21H28O11/c1-21(2,28)19(27)18(32-20-17(26)16(25)15(24)13(8-22)31-20)10-6-9-4-5-14(23)30-11(9)7-12(10)29-3/h4-7,13,15-20,22,24-28H,8H2,1-3H3/t13-,15-,16+,17-,18-,19-,20+/m1/s1. The Hall–Kier alpha value is -2.09. The molecule has 2 heterocycles. The summed E-state index contributed by atoms with van der Waals surface area (Å²) in [6.45, 7) is 2.02. The van der Waals surface area contributed by atoms with Crippen LogP contribution in [0.5, 0.6) is 5.75 Å². The quantitative estimate of drug-likeness (QED) is 0.275. The van der Waals surface area contributed by atoms with Crippen molar-refractivity contribution in [1.82, 2.24) is 0 Å². The Labute approximate surface area is 183 Å². The number of aliphatic hydroxyl groups excluding tert-OH is 5. The number of rotatable bonds is 7. The third-order valence-electron chi connectivity index (χ3n) is 5.42. The van der Waals surface area contributed by atoms with E-state index < -0.39 is 60.7 Å². The Balaban J connectivity index is 2.07. The zero-order valence-corrected chi connectivity index (χ0v) is 17.8. The smallest absolute Gasteiger partial charge is 0.336 e. The van der Waals surface area contributed by atoms with Gasteiger partial charge in [0.2, 0.25) is 0 Å². The number of hydrogen-bond donors (Lipinski definition) is 6. The van der Waals surface area contributed by atoms with Gasteiger partial charge in [-0.25, -0.2) is 4.79 Å². The van der Waals surface area contributed by atoms with E-state index >= 15 is 0 Å². The molecule has 6 N–H and O–H groups in total. The van der Waals surface area contributed by atoms with E-state index in [1.54, 1.807) is 0 Å². The fourth-order valence-corrected chi connectivity index (χ4v) is 3.53. The number of benzene rings is 1. The highest BCUT2D eigenvalue weighted by Crippen LogP contribution is 2.38. The van der Waals surface area contributed by atoms with E-state index in [1.165, 1.54) is 45.2 Å². The molecule has 1 fully saturated rings. The zero-order chi connectivity index (χ0) is 23.8. The van der Waals surface area contributed by atoms with Gasteiger partial charge in [-0.05, 0) is 26.0 Å². The van der Waals surface area contributed by atoms with Gasteiger partial charge in [0.05, 0.1) is 19.3 Å². The van der Waals surface area contributed by atoms with E-state index in [-0.39, 0.29) is 16.9 Å². The molecule has 7 atom stereocenters. The maximum Gasteiger partial charge on any atom is 0.336 e. The molecule has 0 bridgehead atoms. The van der Waals surface area contributed by atoms with Gasteiger partial charge < -0.3 is 49.3 Å². The number of ether oxygens (including phenoxy) is 3. The summed E-state index contributed by atoms with van der Waals surface area (Å²) in [6.07, 6.45) is -10.8. The molecule has 0 saturated carbocycles. The number of hydrogen-bond acceptors (Lipinski definition) is 11. The number of aliphatic hydroxyl groups is 6. The second kappa shape index (κ2) is 9.41. The Morgan fingerprint density at radius 1 is 1.12 bits per heavy atom. The molecule has 1 aliphatic heterocycles. The van der Waals surface area contributed by atoms with Gasteiger partial charge in [-0.15, -0.1) is 0 Å². The van der Waals surface area contributed by atoms with E-state index in [2.05, 4.69) is 0 Å². The fourth-order valence-electron chi connectivity index (χ4n) is 3.53. The van der Waals surface area contributed by atoms with Crippen molar-refractivity contribution >= 4 is 11.0 Å². The topological polar surface area (TPSA) is 179 Å². The lowest BCUT2D eigenvalue weighted by Gasteiger charge is -2.42. The summed E-state index contributed by atoms with van der Waals surface area (Å²) in [7, 11) is 1.34. The van der Waals surface area contributed by atoms with E-state index in [0.717, 1.165) is 0 Å². The van der Waals surface area contributed by atoms with Crippen molar-refractivity contribution in [2.75, 3.05) is 13.7 Å². The molecule has 0 spiro atoms. The largest absolute Gasteiger partial charge is 0.496 e. The fraction of sp³-hybridized carbons (Fsp3) is 0.571. The minimum atomic E-state index is -1.73. The molecule has 1 aromatic heterocycles. The molecule has 1 aromatic carbocycles. The van der Waals surface area contributed by atoms with Gasteiger partial charge in [-0.3, -0.25) is 0 Å². The van der Waals surface area contributed by atoms with E-state index in [0.29, 0.717) is 5.39 Å². The lowest BCUT2D eigenvalue weighted by atomic mass is 9.91. The van der Waals surface area contributed by atoms with Crippen LogP contribution >= 0.6 is 0 Å². The van der Waals surface area contributed by atoms with Gasteiger partial charge in [0, 0.05) is 23.1 Å². The summed E-state index contributed by atoms with van der Waals surface area (Å²) in [5.74, 6) is 0.143. The highest BCUT2D eigenvalue weighted by atomic mass is 16.7. The molecule has 0 aliphatic carbocycles. The lowest BCUT2D eigenvalue weighted by molar-refractivity contribution is -0.322. The molecule has 1 aliphatic rings. The zero-order valence-electron chi connectivity index (χ0n) is 17.8. The first-order chi connectivity index (χ1) is 15.0. The van der Waals surface area contributed by atoms with Crippen LogP contribution in [0.25, 0.3) is 11.0 Å². The molecular formula is C21H28O11. The van der Waals surface area contributed by atoms with Crippen LogP contribution in [0.2, 0.25) is 0 Å². The van der Waals surface area contributed by atoms with Crippen LogP contribution in [0, 0.1) is 0 Å². The van der Waals surface area contributed by atoms with Crippen molar-refractivity contribution in [2.24, 2.45) is 0 Å². The molecule has 0 radical (unpaired) electrons. The maximum absolute atomic E-state index is 11.5. The first-order valence-electron chi connectivity index (χ1n) is 9.96. The Morgan fingerprint density at radius 2 is 1.81 bits per heavy atom. The van der Waals surface area contributed by atoms with E-state index in [9.17, 15) is 35.4 Å². The first-order valence-corrected chi connectivity index (χ1v) is 9.96. The molecule has 11 nitrogen and oxygen atoms in total. The summed E-state index contributed by atoms with van der Waals surface area (Å²) in [5.41, 5.74) is -1.83. The van der Waals surface area contributed by atoms with E-state index in [4.69, 9.17) is 18.6 Å². The van der Waals surface area contributed by atoms with Crippen molar-refractivity contribution in [3.8, 4) is 5.75 Å². The second-order valence-electron chi connectivity index (χ2n) is 8.24. The molecule has 0 unspecified atom stereocenters. The van der Waals surface area contributed by atoms with Crippen molar-refractivity contribution in [2.45, 2.75) is 62.4 Å². The summed E-state index contributed by atoms with van der Waals surface area (Å²) >= 11 is 0. The van der Waals surface area contributed by atoms with Crippen LogP contribution in [0.3, 0.4) is 0 Å². The molecule has 11 heteroatoms. The summed E-state index contributed by atoms with van der Waals surface area (Å²) in [4.78, 5) is 11.5. The van der Waals surface area contributed by atoms with Crippen LogP contribution in [0.15, 0.2) is 33.5 Å². The number of methoxy groups -OCH3 is 1. The molecule has 3 rings (SSSR count). The van der Waals surface area contributed by atoms with Crippen molar-refractivity contribution in [3.05, 3.63) is 40.2 Å². The highest BCUT2D eigenvalue weighted by molar-refractivity contribution is 5.79. The summed E-state index contributed by atoms with van der Waals surface area (Å²) < 4.78 is 21.7. The van der Waals surface area contributed by atoms with Crippen LogP contribution in [0.1, 0.15) is 25.5 Å². The molecule has 178 valence electrons. The van der Waals surface area contributed by atoms with E-state index in [1.807, 2.05) is 0 Å². The maximum atomic E-state index is 11.5. The predicted octanol–water partition coefficient (Wildman–Crippen LogP) is -1.21. The van der Waals surface area contributed by atoms with Crippen LogP contribution in [-0.4, -0.2) is 86.8 Å². The predicted molar refractivity (Wildman–Crippen MR) is 109 cm³/mol. The van der Waals surface area contributed by atoms with Crippen LogP contribution in [-0.2, 0) is 9.47 Å². The molecule has 32 heavy (non-hydrogen) atoms. The minimum absolute atomic E-state index is 0.143. The van der Waals surface area contributed by atoms with Gasteiger partial charge in [0.25, 0.3) is 0 Å². The molecule has 0 amide bonds. The van der Waals surface area contributed by atoms with Crippen molar-refractivity contribution in [3.63, 3.8) is 0 Å². The third kappa shape index (κ3) is 4.80. The van der Waals surface area contributed by atoms with Gasteiger partial charge in [0.1, 0.15) is 48.0 Å². The Bertz CT molecular complexity index is 980. The third-order valence-corrected chi connectivity index (χ3v) is 5.42. The van der Waals surface area contributed by atoms with Gasteiger partial charge in [-0.2, -0.15) is 0 Å². The Morgan fingerprint density at radius 3 is 2.41 bits per heavy atom. The van der Waals surface area contributed by atoms with Gasteiger partial charge in [-0.1, -0.05) is 0 Å². The average molecular weight is 456 g/mol. The van der Waals surface area contributed by atoms with Gasteiger partial charge >= 0.3 is 5.63 Å². The normalized spacial score (nSPS) is 28.5. The number of fused-ring (bicyclic) bond motifs is 1. The minimum Gasteiger partial charge on any atom is -0.496 e. The second-order valence-corrected chi connectivity index (χ2v) is 8.24. The van der Waals surface area contributed by atoms with Crippen LogP contribution in [0.4, 0.5) is 0 Å². The summed E-state index contributed by atoms with van der Waals surface area (Å²) in [5, 5.41) is 61.7. The molecular weight excluding hydrogens is 428 g/mol. The van der Waals surface area contributed by atoms with Crippen LogP contribution < -0.4 is 10.4 Å². The van der Waals surface area contributed by atoms with Crippen molar-refractivity contribution < 1.29 is 49.3 Å². The monoisotopic (exact) mass is 456 g/mol. The molecule has 1 saturated heterocycles. The van der Waals surface area contributed by atoms with Crippen molar-refractivity contribution in [1.29, 1.82) is 0 Å². The summed E-state index contributed by atoms with van der Waals surface area (Å²) in [6, 6.07) is 5.62. The average Bonchev–Trinajstić information content (AvgIpc) is 2.75. The van der Waals surface area contributed by atoms with Gasteiger partial charge in [0.15, 0.2) is 6.29 Å². The SMILES string of the molecule is COc1cc2oc(=O)ccc2cc1[C@@H](O[C@@H]1O[C@H](CO)[C@@H](O)[C@H](O)[C@H]1O)[C@@H](O)C(C)(C)O. The highest BCUT2D eigenvalue weighted by Gasteiger charge is 2.47. The first kappa shape index (κ1) is 24.6.